The monoisotopic (exact) mass is 229 g/mol. The van der Waals surface area contributed by atoms with E-state index in [9.17, 15) is 14.7 Å². The van der Waals surface area contributed by atoms with E-state index in [1.807, 2.05) is 33.8 Å². The molecule has 0 bridgehead atoms. The maximum absolute atomic E-state index is 9.35. The second-order valence-corrected chi connectivity index (χ2v) is 6.46. The Kier molecular flexibility index (Phi) is 3.22. The van der Waals surface area contributed by atoms with Gasteiger partial charge >= 0.3 is 7.94 Å². The molecule has 0 unspecified atom stereocenters. The van der Waals surface area contributed by atoms with E-state index >= 15 is 0 Å². The summed E-state index contributed by atoms with van der Waals surface area (Å²) in [5.41, 5.74) is 1.60. The lowest BCUT2D eigenvalue weighted by Crippen LogP contribution is -2.25. The Labute approximate surface area is 91.0 Å². The smallest absolute Gasteiger partial charge is 0.189 e. The molecule has 0 saturated carbocycles. The van der Waals surface area contributed by atoms with Gasteiger partial charge < -0.3 is 0 Å². The van der Waals surface area contributed by atoms with E-state index in [0.717, 1.165) is 11.1 Å². The fourth-order valence-electron chi connectivity index (χ4n) is 1.51. The van der Waals surface area contributed by atoms with Gasteiger partial charge in [-0.3, -0.25) is 0 Å². The van der Waals surface area contributed by atoms with Crippen molar-refractivity contribution in [1.82, 2.24) is 0 Å². The van der Waals surface area contributed by atoms with Gasteiger partial charge in [0, 0.05) is 5.56 Å². The Bertz CT molecular complexity index is 361. The van der Waals surface area contributed by atoms with Gasteiger partial charge in [0.05, 0.1) is 0 Å². The molecule has 3 nitrogen and oxygen atoms in total. The second-order valence-electron chi connectivity index (χ2n) is 4.84. The fraction of sp³-hybridized carbons (Fsp3) is 0.455. The predicted octanol–water partition coefficient (Wildman–Crippen LogP) is 1.66. The lowest BCUT2D eigenvalue weighted by molar-refractivity contribution is 0.346. The van der Waals surface area contributed by atoms with Gasteiger partial charge in [-0.15, -0.1) is 0 Å². The number of aryl methyl sites for hydroxylation is 1. The van der Waals surface area contributed by atoms with Crippen LogP contribution in [0.2, 0.25) is 0 Å². The van der Waals surface area contributed by atoms with Crippen molar-refractivity contribution in [2.45, 2.75) is 33.1 Å². The van der Waals surface area contributed by atoms with E-state index in [1.54, 1.807) is 12.1 Å². The molecule has 3 N–H and O–H groups in total. The SMILES string of the molecule is Cc1ccc([P+](O)(O)O)c(C(C)(C)C)c1. The highest BCUT2D eigenvalue weighted by molar-refractivity contribution is 7.66. The molecule has 1 rings (SSSR count). The molecule has 0 aromatic heterocycles. The van der Waals surface area contributed by atoms with Crippen LogP contribution in [0.25, 0.3) is 0 Å². The number of hydrogen-bond donors (Lipinski definition) is 3. The Balaban J connectivity index is 3.41. The van der Waals surface area contributed by atoms with Crippen LogP contribution in [-0.2, 0) is 5.41 Å². The van der Waals surface area contributed by atoms with Crippen LogP contribution in [0.5, 0.6) is 0 Å². The summed E-state index contributed by atoms with van der Waals surface area (Å²) >= 11 is 0. The van der Waals surface area contributed by atoms with Crippen molar-refractivity contribution < 1.29 is 14.7 Å². The molecule has 0 saturated heterocycles. The molecular weight excluding hydrogens is 211 g/mol. The van der Waals surface area contributed by atoms with Crippen molar-refractivity contribution in [3.8, 4) is 0 Å². The molecule has 0 radical (unpaired) electrons. The summed E-state index contributed by atoms with van der Waals surface area (Å²) in [6.45, 7) is 7.86. The maximum atomic E-state index is 9.35. The molecule has 4 heteroatoms. The van der Waals surface area contributed by atoms with Gasteiger partial charge in [0.25, 0.3) is 0 Å². The second kappa shape index (κ2) is 3.84. The first-order valence-corrected chi connectivity index (χ1v) is 6.46. The Hall–Kier alpha value is -0.470. The van der Waals surface area contributed by atoms with Gasteiger partial charge in [-0.25, -0.2) is 0 Å². The predicted molar refractivity (Wildman–Crippen MR) is 63.1 cm³/mol. The van der Waals surface area contributed by atoms with Crippen molar-refractivity contribution >= 4 is 13.2 Å². The summed E-state index contributed by atoms with van der Waals surface area (Å²) in [4.78, 5) is 28.0. The molecule has 0 heterocycles. The third kappa shape index (κ3) is 2.99. The molecule has 0 spiro atoms. The number of benzene rings is 1. The van der Waals surface area contributed by atoms with Crippen molar-refractivity contribution in [2.75, 3.05) is 0 Å². The minimum Gasteiger partial charge on any atom is -0.189 e. The summed E-state index contributed by atoms with van der Waals surface area (Å²) in [7, 11) is -3.92. The first-order chi connectivity index (χ1) is 6.62. The van der Waals surface area contributed by atoms with Crippen LogP contribution >= 0.6 is 7.94 Å². The molecule has 1 aromatic rings. The van der Waals surface area contributed by atoms with E-state index in [4.69, 9.17) is 0 Å². The standard InChI is InChI=1S/C11H18O3P/c1-8-5-6-10(15(12,13)14)9(7-8)11(2,3)4/h5-7,12-14H,1-4H3/q+1. The van der Waals surface area contributed by atoms with Gasteiger partial charge in [-0.05, 0) is 18.4 Å². The third-order valence-electron chi connectivity index (χ3n) is 2.28. The molecule has 0 aliphatic rings. The summed E-state index contributed by atoms with van der Waals surface area (Å²) in [5.74, 6) is 0. The highest BCUT2D eigenvalue weighted by Gasteiger charge is 2.39. The van der Waals surface area contributed by atoms with Crippen LogP contribution in [0.1, 0.15) is 31.9 Å². The average molecular weight is 229 g/mol. The highest BCUT2D eigenvalue weighted by Crippen LogP contribution is 2.46. The van der Waals surface area contributed by atoms with Crippen molar-refractivity contribution in [3.63, 3.8) is 0 Å². The Morgan fingerprint density at radius 2 is 1.60 bits per heavy atom. The van der Waals surface area contributed by atoms with Gasteiger partial charge in [-0.1, -0.05) is 38.5 Å². The lowest BCUT2D eigenvalue weighted by Gasteiger charge is -2.22. The van der Waals surface area contributed by atoms with E-state index in [1.165, 1.54) is 0 Å². The zero-order valence-corrected chi connectivity index (χ0v) is 10.4. The number of rotatable bonds is 1. The van der Waals surface area contributed by atoms with E-state index in [2.05, 4.69) is 0 Å². The molecular formula is C11H18O3P+. The largest absolute Gasteiger partial charge is 0.441 e. The van der Waals surface area contributed by atoms with E-state index in [0.29, 0.717) is 0 Å². The molecule has 15 heavy (non-hydrogen) atoms. The Morgan fingerprint density at radius 1 is 1.07 bits per heavy atom. The van der Waals surface area contributed by atoms with Crippen LogP contribution in [0, 0.1) is 6.92 Å². The topological polar surface area (TPSA) is 60.7 Å². The molecule has 0 fully saturated rings. The van der Waals surface area contributed by atoms with Crippen LogP contribution in [0.15, 0.2) is 18.2 Å². The summed E-state index contributed by atoms with van der Waals surface area (Å²) in [6, 6.07) is 5.23. The third-order valence-corrected chi connectivity index (χ3v) is 3.32. The average Bonchev–Trinajstić information content (AvgIpc) is 2.00. The minimum atomic E-state index is -3.92. The lowest BCUT2D eigenvalue weighted by atomic mass is 9.86. The summed E-state index contributed by atoms with van der Waals surface area (Å²) < 4.78 is 0. The van der Waals surface area contributed by atoms with Gasteiger partial charge in [-0.2, -0.15) is 14.7 Å². The molecule has 0 aliphatic carbocycles. The molecule has 0 atom stereocenters. The molecule has 0 aliphatic heterocycles. The Morgan fingerprint density at radius 3 is 2.00 bits per heavy atom. The fourth-order valence-corrected chi connectivity index (χ4v) is 2.51. The van der Waals surface area contributed by atoms with E-state index in [-0.39, 0.29) is 10.7 Å². The zero-order chi connectivity index (χ0) is 11.9. The molecule has 84 valence electrons. The van der Waals surface area contributed by atoms with Gasteiger partial charge in [0.15, 0.2) is 5.30 Å². The maximum Gasteiger partial charge on any atom is 0.441 e. The van der Waals surface area contributed by atoms with E-state index < -0.39 is 7.94 Å². The van der Waals surface area contributed by atoms with Crippen LogP contribution in [-0.4, -0.2) is 14.7 Å². The van der Waals surface area contributed by atoms with Crippen LogP contribution < -0.4 is 5.30 Å². The molecule has 1 aromatic carbocycles. The van der Waals surface area contributed by atoms with Crippen LogP contribution in [0.3, 0.4) is 0 Å². The van der Waals surface area contributed by atoms with Crippen molar-refractivity contribution in [1.29, 1.82) is 0 Å². The van der Waals surface area contributed by atoms with Crippen molar-refractivity contribution in [3.05, 3.63) is 29.3 Å². The quantitative estimate of drug-likeness (QED) is 0.642. The van der Waals surface area contributed by atoms with Gasteiger partial charge in [0.1, 0.15) is 0 Å². The first-order valence-electron chi connectivity index (χ1n) is 4.81. The minimum absolute atomic E-state index is 0.221. The molecule has 0 amide bonds. The van der Waals surface area contributed by atoms with Gasteiger partial charge in [0.2, 0.25) is 0 Å². The summed E-state index contributed by atoms with van der Waals surface area (Å²) in [6.07, 6.45) is 0. The van der Waals surface area contributed by atoms with Crippen LogP contribution in [0.4, 0.5) is 0 Å². The number of hydrogen-bond acceptors (Lipinski definition) is 3. The zero-order valence-electron chi connectivity index (χ0n) is 9.52. The summed E-state index contributed by atoms with van der Waals surface area (Å²) in [5, 5.41) is 0.251. The highest BCUT2D eigenvalue weighted by atomic mass is 31.2. The van der Waals surface area contributed by atoms with Crippen molar-refractivity contribution in [2.24, 2.45) is 0 Å². The first kappa shape index (κ1) is 12.6. The normalized spacial score (nSPS) is 13.0.